The largest absolute Gasteiger partial charge is 0.448 e. The van der Waals surface area contributed by atoms with Gasteiger partial charge in [-0.25, -0.2) is 18.5 Å². The van der Waals surface area contributed by atoms with Crippen LogP contribution in [0.1, 0.15) is 42.2 Å². The number of aromatic nitrogens is 4. The van der Waals surface area contributed by atoms with Gasteiger partial charge in [-0.1, -0.05) is 0 Å². The van der Waals surface area contributed by atoms with E-state index in [0.29, 0.717) is 16.4 Å². The van der Waals surface area contributed by atoms with Crippen LogP contribution in [0.5, 0.6) is 0 Å². The van der Waals surface area contributed by atoms with Crippen LogP contribution in [0.3, 0.4) is 0 Å². The molecule has 8 nitrogen and oxygen atoms in total. The van der Waals surface area contributed by atoms with Crippen LogP contribution in [0.4, 0.5) is 10.2 Å². The third-order valence-electron chi connectivity index (χ3n) is 4.88. The van der Waals surface area contributed by atoms with Crippen LogP contribution in [0.25, 0.3) is 15.9 Å². The minimum atomic E-state index is -1.00. The van der Waals surface area contributed by atoms with Gasteiger partial charge >= 0.3 is 5.97 Å². The fourth-order valence-corrected chi connectivity index (χ4v) is 4.30. The summed E-state index contributed by atoms with van der Waals surface area (Å²) in [4.78, 5) is 26.3. The summed E-state index contributed by atoms with van der Waals surface area (Å²) in [5.74, 6) is -0.857. The fourth-order valence-electron chi connectivity index (χ4n) is 3.23. The standard InChI is InChI=1S/C22H22FN5O3S/c1-12(2)27-19(9-10-24-27)25-20(29)14(4)31-22(30)18-11-17-13(3)26-28(21(17)32-18)16-7-5-15(23)6-8-16/h5-12,14H,1-4H3,(H,25,29). The number of amides is 1. The number of ether oxygens (including phenoxy) is 1. The van der Waals surface area contributed by atoms with E-state index in [9.17, 15) is 14.0 Å². The maximum atomic E-state index is 13.3. The molecule has 1 unspecified atom stereocenters. The lowest BCUT2D eigenvalue weighted by molar-refractivity contribution is -0.123. The molecule has 0 fully saturated rings. The van der Waals surface area contributed by atoms with Crippen LogP contribution < -0.4 is 5.32 Å². The van der Waals surface area contributed by atoms with E-state index in [-0.39, 0.29) is 11.9 Å². The van der Waals surface area contributed by atoms with Gasteiger partial charge in [-0.2, -0.15) is 10.2 Å². The second-order valence-corrected chi connectivity index (χ2v) is 8.63. The Bertz CT molecular complexity index is 1290. The second-order valence-electron chi connectivity index (χ2n) is 7.59. The van der Waals surface area contributed by atoms with Crippen molar-refractivity contribution in [3.05, 3.63) is 59.0 Å². The number of fused-ring (bicyclic) bond motifs is 1. The summed E-state index contributed by atoms with van der Waals surface area (Å²) in [5.41, 5.74) is 1.41. The third-order valence-corrected chi connectivity index (χ3v) is 5.97. The first kappa shape index (κ1) is 21.7. The van der Waals surface area contributed by atoms with Gasteiger partial charge in [0, 0.05) is 17.5 Å². The topological polar surface area (TPSA) is 91.0 Å². The summed E-state index contributed by atoms with van der Waals surface area (Å²) in [6.07, 6.45) is 0.592. The van der Waals surface area contributed by atoms with Crippen molar-refractivity contribution in [3.8, 4) is 5.69 Å². The lowest BCUT2D eigenvalue weighted by Crippen LogP contribution is -2.30. The minimum Gasteiger partial charge on any atom is -0.448 e. The Labute approximate surface area is 187 Å². The maximum Gasteiger partial charge on any atom is 0.349 e. The molecule has 4 rings (SSSR count). The van der Waals surface area contributed by atoms with Crippen molar-refractivity contribution in [1.82, 2.24) is 19.6 Å². The summed E-state index contributed by atoms with van der Waals surface area (Å²) in [6, 6.07) is 9.39. The Morgan fingerprint density at radius 1 is 1.16 bits per heavy atom. The number of benzene rings is 1. The van der Waals surface area contributed by atoms with Crippen molar-refractivity contribution in [1.29, 1.82) is 0 Å². The zero-order chi connectivity index (χ0) is 23.0. The highest BCUT2D eigenvalue weighted by atomic mass is 32.1. The molecule has 0 radical (unpaired) electrons. The van der Waals surface area contributed by atoms with E-state index < -0.39 is 18.0 Å². The summed E-state index contributed by atoms with van der Waals surface area (Å²) in [6.45, 7) is 7.24. The van der Waals surface area contributed by atoms with Gasteiger partial charge in [-0.3, -0.25) is 4.79 Å². The molecule has 0 saturated carbocycles. The Kier molecular flexibility index (Phi) is 5.79. The van der Waals surface area contributed by atoms with E-state index in [1.54, 1.807) is 39.8 Å². The molecule has 166 valence electrons. The molecule has 0 saturated heterocycles. The van der Waals surface area contributed by atoms with E-state index in [2.05, 4.69) is 15.5 Å². The number of aryl methyl sites for hydroxylation is 1. The number of esters is 1. The highest BCUT2D eigenvalue weighted by Crippen LogP contribution is 2.31. The van der Waals surface area contributed by atoms with Crippen molar-refractivity contribution >= 4 is 39.2 Å². The van der Waals surface area contributed by atoms with Crippen LogP contribution in [0, 0.1) is 12.7 Å². The first-order valence-electron chi connectivity index (χ1n) is 10.0. The Morgan fingerprint density at radius 2 is 1.88 bits per heavy atom. The maximum absolute atomic E-state index is 13.3. The predicted molar refractivity (Wildman–Crippen MR) is 120 cm³/mol. The zero-order valence-electron chi connectivity index (χ0n) is 18.0. The summed E-state index contributed by atoms with van der Waals surface area (Å²) in [5, 5.41) is 12.2. The highest BCUT2D eigenvalue weighted by Gasteiger charge is 2.23. The van der Waals surface area contributed by atoms with E-state index in [0.717, 1.165) is 15.9 Å². The van der Waals surface area contributed by atoms with Gasteiger partial charge in [-0.05, 0) is 58.0 Å². The Balaban J connectivity index is 1.51. The molecule has 10 heteroatoms. The number of halogens is 1. The molecular formula is C22H22FN5O3S. The molecule has 3 aromatic heterocycles. The molecule has 1 atom stereocenters. The van der Waals surface area contributed by atoms with Gasteiger partial charge in [0.2, 0.25) is 0 Å². The number of hydrogen-bond donors (Lipinski definition) is 1. The molecule has 3 heterocycles. The monoisotopic (exact) mass is 455 g/mol. The molecular weight excluding hydrogens is 433 g/mol. The van der Waals surface area contributed by atoms with Gasteiger partial charge in [0.15, 0.2) is 6.10 Å². The molecule has 0 aliphatic rings. The summed E-state index contributed by atoms with van der Waals surface area (Å²) < 4.78 is 22.0. The predicted octanol–water partition coefficient (Wildman–Crippen LogP) is 4.50. The van der Waals surface area contributed by atoms with Crippen molar-refractivity contribution in [2.75, 3.05) is 5.32 Å². The van der Waals surface area contributed by atoms with Gasteiger partial charge in [0.1, 0.15) is 21.3 Å². The quantitative estimate of drug-likeness (QED) is 0.433. The lowest BCUT2D eigenvalue weighted by Gasteiger charge is -2.15. The SMILES string of the molecule is Cc1nn(-c2ccc(F)cc2)c2sc(C(=O)OC(C)C(=O)Nc3ccnn3C(C)C)cc12. The zero-order valence-corrected chi connectivity index (χ0v) is 18.8. The van der Waals surface area contributed by atoms with E-state index in [1.165, 1.54) is 30.4 Å². The van der Waals surface area contributed by atoms with E-state index >= 15 is 0 Å². The van der Waals surface area contributed by atoms with Crippen LogP contribution in [-0.4, -0.2) is 37.5 Å². The first-order valence-corrected chi connectivity index (χ1v) is 10.9. The number of hydrogen-bond acceptors (Lipinski definition) is 6. The second kappa shape index (κ2) is 8.54. The Hall–Kier alpha value is -3.53. The van der Waals surface area contributed by atoms with Crippen molar-refractivity contribution < 1.29 is 18.7 Å². The highest BCUT2D eigenvalue weighted by molar-refractivity contribution is 7.20. The van der Waals surface area contributed by atoms with Crippen molar-refractivity contribution in [2.24, 2.45) is 0 Å². The van der Waals surface area contributed by atoms with Crippen LogP contribution >= 0.6 is 11.3 Å². The molecule has 1 N–H and O–H groups in total. The number of carbonyl (C=O) groups excluding carboxylic acids is 2. The average molecular weight is 456 g/mol. The van der Waals surface area contributed by atoms with Crippen LogP contribution in [0.15, 0.2) is 42.6 Å². The van der Waals surface area contributed by atoms with Crippen molar-refractivity contribution in [2.45, 2.75) is 39.8 Å². The number of thiophene rings is 1. The molecule has 4 aromatic rings. The molecule has 1 amide bonds. The number of nitrogens with zero attached hydrogens (tertiary/aromatic N) is 4. The van der Waals surface area contributed by atoms with Crippen LogP contribution in [0.2, 0.25) is 0 Å². The molecule has 0 aliphatic carbocycles. The normalized spacial score (nSPS) is 12.3. The number of carbonyl (C=O) groups is 2. The molecule has 32 heavy (non-hydrogen) atoms. The molecule has 0 aliphatic heterocycles. The summed E-state index contributed by atoms with van der Waals surface area (Å²) in [7, 11) is 0. The summed E-state index contributed by atoms with van der Waals surface area (Å²) >= 11 is 1.20. The Morgan fingerprint density at radius 3 is 2.56 bits per heavy atom. The van der Waals surface area contributed by atoms with Gasteiger partial charge in [0.05, 0.1) is 17.6 Å². The third kappa shape index (κ3) is 4.13. The van der Waals surface area contributed by atoms with Crippen LogP contribution in [-0.2, 0) is 9.53 Å². The van der Waals surface area contributed by atoms with E-state index in [4.69, 9.17) is 4.74 Å². The number of anilines is 1. The van der Waals surface area contributed by atoms with Gasteiger partial charge < -0.3 is 10.1 Å². The van der Waals surface area contributed by atoms with E-state index in [1.807, 2.05) is 20.8 Å². The molecule has 1 aromatic carbocycles. The molecule has 0 bridgehead atoms. The minimum absolute atomic E-state index is 0.0700. The number of nitrogens with one attached hydrogen (secondary N) is 1. The van der Waals surface area contributed by atoms with Crippen molar-refractivity contribution in [3.63, 3.8) is 0 Å². The van der Waals surface area contributed by atoms with Gasteiger partial charge in [-0.15, -0.1) is 11.3 Å². The lowest BCUT2D eigenvalue weighted by atomic mass is 10.3. The van der Waals surface area contributed by atoms with Gasteiger partial charge in [0.25, 0.3) is 5.91 Å². The number of rotatable bonds is 6. The average Bonchev–Trinajstić information content (AvgIpc) is 3.45. The smallest absolute Gasteiger partial charge is 0.349 e. The molecule has 0 spiro atoms. The fraction of sp³-hybridized carbons (Fsp3) is 0.273. The first-order chi connectivity index (χ1) is 15.2.